The number of aryl methyl sites for hydroxylation is 1. The number of carbonyl (C=O) groups excluding carboxylic acids is 1. The standard InChI is InChI=1S/C27H28ClN5O2S/c1-3-23(35)33-13-27(14-33)8-9-32(12-27)26-30-22-10-17(25-16(2)29-15-36-25)4-6-19(22)24(31-26)20-11-18(34)5-7-21(20)28/h3,5,7,11,15,17,34H,1,4,6,8-10,12-14H2,2H3/t17-/m1/s1. The molecule has 1 spiro atoms. The van der Waals surface area contributed by atoms with Crippen LogP contribution in [-0.4, -0.2) is 57.0 Å². The Balaban J connectivity index is 1.37. The largest absolute Gasteiger partial charge is 0.508 e. The molecule has 1 N–H and O–H groups in total. The fraction of sp³-hybridized carbons (Fsp3) is 0.407. The number of phenolic OH excluding ortho intramolecular Hbond substituents is 1. The Labute approximate surface area is 219 Å². The normalized spacial score (nSPS) is 20.3. The van der Waals surface area contributed by atoms with E-state index < -0.39 is 0 Å². The lowest BCUT2D eigenvalue weighted by Gasteiger charge is -2.47. The maximum absolute atomic E-state index is 12.0. The van der Waals surface area contributed by atoms with Crippen LogP contribution in [-0.2, 0) is 17.6 Å². The second-order valence-corrected chi connectivity index (χ2v) is 11.6. The van der Waals surface area contributed by atoms with Crippen LogP contribution in [0.4, 0.5) is 5.95 Å². The zero-order valence-electron chi connectivity index (χ0n) is 20.2. The molecule has 2 aromatic heterocycles. The molecular formula is C27H28ClN5O2S. The minimum absolute atomic E-state index is 0.00526. The average Bonchev–Trinajstić information content (AvgIpc) is 3.50. The third kappa shape index (κ3) is 3.96. The molecule has 0 radical (unpaired) electrons. The van der Waals surface area contributed by atoms with Crippen molar-refractivity contribution in [3.05, 3.63) is 63.2 Å². The molecule has 0 saturated carbocycles. The van der Waals surface area contributed by atoms with E-state index in [1.807, 2.05) is 10.4 Å². The number of rotatable bonds is 4. The number of benzene rings is 1. The Hall–Kier alpha value is -2.97. The van der Waals surface area contributed by atoms with E-state index in [9.17, 15) is 9.90 Å². The van der Waals surface area contributed by atoms with Gasteiger partial charge in [-0.3, -0.25) is 4.79 Å². The first-order valence-electron chi connectivity index (χ1n) is 12.3. The maximum atomic E-state index is 12.0. The number of aromatic hydroxyl groups is 1. The first-order chi connectivity index (χ1) is 17.4. The van der Waals surface area contributed by atoms with Crippen LogP contribution in [0.2, 0.25) is 5.02 Å². The molecule has 2 saturated heterocycles. The van der Waals surface area contributed by atoms with Crippen molar-refractivity contribution in [3.63, 3.8) is 0 Å². The molecule has 4 heterocycles. The number of amides is 1. The van der Waals surface area contributed by atoms with Crippen LogP contribution in [0.3, 0.4) is 0 Å². The van der Waals surface area contributed by atoms with Gasteiger partial charge in [0.25, 0.3) is 0 Å². The van der Waals surface area contributed by atoms with E-state index in [4.69, 9.17) is 21.6 Å². The van der Waals surface area contributed by atoms with Crippen molar-refractivity contribution in [2.24, 2.45) is 5.41 Å². The van der Waals surface area contributed by atoms with Crippen molar-refractivity contribution in [1.29, 1.82) is 0 Å². The number of anilines is 1. The van der Waals surface area contributed by atoms with Gasteiger partial charge in [0.2, 0.25) is 11.9 Å². The van der Waals surface area contributed by atoms with Crippen LogP contribution < -0.4 is 4.90 Å². The fourth-order valence-electron chi connectivity index (χ4n) is 6.00. The van der Waals surface area contributed by atoms with Crippen LogP contribution in [0.5, 0.6) is 5.75 Å². The summed E-state index contributed by atoms with van der Waals surface area (Å²) in [6, 6.07) is 5.02. The first kappa shape index (κ1) is 23.4. The van der Waals surface area contributed by atoms with Gasteiger partial charge in [-0.15, -0.1) is 11.3 Å². The minimum atomic E-state index is -0.00526. The SMILES string of the molecule is C=CC(=O)N1CC2(CCN(c3nc4c(c(-c5cc(O)ccc5Cl)n3)CC[C@@H](c3scnc3C)C4)C2)C1. The molecule has 7 nitrogen and oxygen atoms in total. The second kappa shape index (κ2) is 8.85. The van der Waals surface area contributed by atoms with Crippen LogP contribution in [0.15, 0.2) is 36.4 Å². The predicted molar refractivity (Wildman–Crippen MR) is 142 cm³/mol. The molecule has 1 aromatic carbocycles. The number of halogens is 1. The molecule has 36 heavy (non-hydrogen) atoms. The summed E-state index contributed by atoms with van der Waals surface area (Å²) in [5.41, 5.74) is 6.83. The summed E-state index contributed by atoms with van der Waals surface area (Å²) < 4.78 is 0. The van der Waals surface area contributed by atoms with Gasteiger partial charge in [-0.25, -0.2) is 15.0 Å². The fourth-order valence-corrected chi connectivity index (χ4v) is 7.15. The van der Waals surface area contributed by atoms with Gasteiger partial charge in [0.1, 0.15) is 5.75 Å². The van der Waals surface area contributed by atoms with Crippen LogP contribution in [0.1, 0.15) is 40.6 Å². The molecule has 2 fully saturated rings. The van der Waals surface area contributed by atoms with Gasteiger partial charge >= 0.3 is 0 Å². The summed E-state index contributed by atoms with van der Waals surface area (Å²) in [6.45, 7) is 8.85. The molecule has 6 rings (SSSR count). The molecule has 0 unspecified atom stereocenters. The van der Waals surface area contributed by atoms with E-state index in [0.29, 0.717) is 16.9 Å². The van der Waals surface area contributed by atoms with Gasteiger partial charge in [0, 0.05) is 53.5 Å². The first-order valence-corrected chi connectivity index (χ1v) is 13.6. The number of carbonyl (C=O) groups is 1. The number of nitrogens with zero attached hydrogens (tertiary/aromatic N) is 5. The van der Waals surface area contributed by atoms with Crippen molar-refractivity contribution >= 4 is 34.8 Å². The highest BCUT2D eigenvalue weighted by atomic mass is 35.5. The van der Waals surface area contributed by atoms with Crippen molar-refractivity contribution in [3.8, 4) is 17.0 Å². The Morgan fingerprint density at radius 1 is 1.31 bits per heavy atom. The van der Waals surface area contributed by atoms with Crippen molar-refractivity contribution in [1.82, 2.24) is 19.9 Å². The Morgan fingerprint density at radius 3 is 2.89 bits per heavy atom. The van der Waals surface area contributed by atoms with E-state index in [1.54, 1.807) is 29.5 Å². The van der Waals surface area contributed by atoms with Gasteiger partial charge in [-0.05, 0) is 56.9 Å². The second-order valence-electron chi connectivity index (χ2n) is 10.3. The number of hydrogen-bond donors (Lipinski definition) is 1. The van der Waals surface area contributed by atoms with Crippen LogP contribution in [0, 0.1) is 12.3 Å². The Morgan fingerprint density at radius 2 is 2.14 bits per heavy atom. The smallest absolute Gasteiger partial charge is 0.245 e. The number of phenols is 1. The van der Waals surface area contributed by atoms with Crippen LogP contribution in [0.25, 0.3) is 11.3 Å². The summed E-state index contributed by atoms with van der Waals surface area (Å²) >= 11 is 8.34. The molecule has 0 bridgehead atoms. The van der Waals surface area contributed by atoms with E-state index in [2.05, 4.69) is 23.4 Å². The van der Waals surface area contributed by atoms with Gasteiger partial charge in [-0.1, -0.05) is 18.2 Å². The minimum Gasteiger partial charge on any atom is -0.508 e. The number of thiazole rings is 1. The van der Waals surface area contributed by atoms with E-state index in [-0.39, 0.29) is 17.1 Å². The summed E-state index contributed by atoms with van der Waals surface area (Å²) in [4.78, 5) is 32.1. The maximum Gasteiger partial charge on any atom is 0.245 e. The topological polar surface area (TPSA) is 82.5 Å². The highest BCUT2D eigenvalue weighted by Crippen LogP contribution is 2.44. The lowest BCUT2D eigenvalue weighted by molar-refractivity contribution is -0.136. The molecule has 1 amide bonds. The van der Waals surface area contributed by atoms with Crippen molar-refractivity contribution in [2.75, 3.05) is 31.1 Å². The highest BCUT2D eigenvalue weighted by Gasteiger charge is 2.49. The van der Waals surface area contributed by atoms with Gasteiger partial charge in [0.15, 0.2) is 0 Å². The quantitative estimate of drug-likeness (QED) is 0.498. The summed E-state index contributed by atoms with van der Waals surface area (Å²) in [7, 11) is 0. The summed E-state index contributed by atoms with van der Waals surface area (Å²) in [5.74, 6) is 1.25. The zero-order chi connectivity index (χ0) is 25.0. The number of likely N-dealkylation sites (tertiary alicyclic amines) is 1. The van der Waals surface area contributed by atoms with Gasteiger partial charge in [-0.2, -0.15) is 0 Å². The number of aromatic nitrogens is 3. The number of fused-ring (bicyclic) bond motifs is 1. The third-order valence-corrected chi connectivity index (χ3v) is 9.31. The molecule has 3 aliphatic rings. The lowest BCUT2D eigenvalue weighted by atomic mass is 9.79. The Kier molecular flexibility index (Phi) is 5.76. The van der Waals surface area contributed by atoms with Crippen LogP contribution >= 0.6 is 22.9 Å². The summed E-state index contributed by atoms with van der Waals surface area (Å²) in [5, 5.41) is 10.8. The van der Waals surface area contributed by atoms with Crippen molar-refractivity contribution in [2.45, 2.75) is 38.5 Å². The third-order valence-electron chi connectivity index (χ3n) is 7.88. The molecule has 3 aromatic rings. The van der Waals surface area contributed by atoms with Gasteiger partial charge < -0.3 is 14.9 Å². The average molecular weight is 522 g/mol. The van der Waals surface area contributed by atoms with E-state index in [1.165, 1.54) is 11.0 Å². The summed E-state index contributed by atoms with van der Waals surface area (Å²) in [6.07, 6.45) is 5.07. The number of hydrogen-bond acceptors (Lipinski definition) is 7. The molecular weight excluding hydrogens is 494 g/mol. The molecule has 9 heteroatoms. The molecule has 1 aliphatic carbocycles. The molecule has 2 aliphatic heterocycles. The van der Waals surface area contributed by atoms with E-state index in [0.717, 1.165) is 80.1 Å². The highest BCUT2D eigenvalue weighted by molar-refractivity contribution is 7.09. The zero-order valence-corrected chi connectivity index (χ0v) is 21.8. The van der Waals surface area contributed by atoms with Crippen molar-refractivity contribution < 1.29 is 9.90 Å². The van der Waals surface area contributed by atoms with Gasteiger partial charge in [0.05, 0.1) is 27.6 Å². The van der Waals surface area contributed by atoms with E-state index >= 15 is 0 Å². The molecule has 1 atom stereocenters. The predicted octanol–water partition coefficient (Wildman–Crippen LogP) is 4.76. The monoisotopic (exact) mass is 521 g/mol. The lowest BCUT2D eigenvalue weighted by Crippen LogP contribution is -2.59. The molecule has 186 valence electrons. The Bertz CT molecular complexity index is 1370.